The van der Waals surface area contributed by atoms with Gasteiger partial charge in [0.05, 0.1) is 17.0 Å². The van der Waals surface area contributed by atoms with E-state index < -0.39 is 0 Å². The van der Waals surface area contributed by atoms with Gasteiger partial charge >= 0.3 is 0 Å². The summed E-state index contributed by atoms with van der Waals surface area (Å²) in [6, 6.07) is 5.60. The maximum Gasteiger partial charge on any atom is 0.260 e. The number of alkyl halides is 1. The Morgan fingerprint density at radius 2 is 2.28 bits per heavy atom. The number of rotatable bonds is 2. The number of nitrogens with one attached hydrogen (secondary N) is 1. The number of aromatic nitrogens is 3. The van der Waals surface area contributed by atoms with Gasteiger partial charge in [0, 0.05) is 17.1 Å². The Hall–Kier alpha value is -1.72. The molecule has 0 aliphatic heterocycles. The fourth-order valence-corrected chi connectivity index (χ4v) is 2.85. The number of aromatic amines is 1. The molecule has 0 fully saturated rings. The van der Waals surface area contributed by atoms with Crippen molar-refractivity contribution in [3.8, 4) is 11.3 Å². The summed E-state index contributed by atoms with van der Waals surface area (Å²) in [6.07, 6.45) is 1.70. The fraction of sp³-hybridized carbons (Fsp3) is 0.0833. The third-order valence-electron chi connectivity index (χ3n) is 2.56. The number of hydrogen-bond donors (Lipinski definition) is 1. The molecule has 6 heteroatoms. The van der Waals surface area contributed by atoms with Crippen LogP contribution in [0.1, 0.15) is 5.82 Å². The fourth-order valence-electron chi connectivity index (χ4n) is 1.77. The molecule has 0 aromatic carbocycles. The van der Waals surface area contributed by atoms with Crippen LogP contribution in [-0.4, -0.2) is 15.0 Å². The van der Waals surface area contributed by atoms with Crippen LogP contribution in [0.15, 0.2) is 34.6 Å². The van der Waals surface area contributed by atoms with Gasteiger partial charge in [0.15, 0.2) is 0 Å². The van der Waals surface area contributed by atoms with Crippen LogP contribution >= 0.6 is 22.9 Å². The Morgan fingerprint density at radius 3 is 3.00 bits per heavy atom. The normalized spacial score (nSPS) is 10.9. The van der Waals surface area contributed by atoms with Crippen molar-refractivity contribution in [2.75, 3.05) is 0 Å². The average Bonchev–Trinajstić information content (AvgIpc) is 2.84. The number of H-pyrrole nitrogens is 1. The third-order valence-corrected chi connectivity index (χ3v) is 3.69. The van der Waals surface area contributed by atoms with Crippen molar-refractivity contribution in [3.63, 3.8) is 0 Å². The van der Waals surface area contributed by atoms with Crippen LogP contribution in [0.3, 0.4) is 0 Å². The van der Waals surface area contributed by atoms with E-state index in [0.29, 0.717) is 16.0 Å². The molecule has 0 saturated heterocycles. The van der Waals surface area contributed by atoms with Crippen molar-refractivity contribution in [1.29, 1.82) is 0 Å². The van der Waals surface area contributed by atoms with Crippen LogP contribution in [-0.2, 0) is 5.88 Å². The highest BCUT2D eigenvalue weighted by Gasteiger charge is 2.12. The number of hydrogen-bond acceptors (Lipinski definition) is 4. The van der Waals surface area contributed by atoms with Gasteiger partial charge in [-0.2, -0.15) is 0 Å². The highest BCUT2D eigenvalue weighted by molar-refractivity contribution is 7.17. The molecular formula is C12H8ClN3OS. The van der Waals surface area contributed by atoms with E-state index in [9.17, 15) is 4.79 Å². The molecule has 0 unspecified atom stereocenters. The topological polar surface area (TPSA) is 58.6 Å². The monoisotopic (exact) mass is 277 g/mol. The molecule has 0 spiro atoms. The highest BCUT2D eigenvalue weighted by Crippen LogP contribution is 2.29. The van der Waals surface area contributed by atoms with E-state index in [2.05, 4.69) is 15.0 Å². The first-order valence-electron chi connectivity index (χ1n) is 5.27. The van der Waals surface area contributed by atoms with Crippen molar-refractivity contribution in [1.82, 2.24) is 15.0 Å². The second-order valence-electron chi connectivity index (χ2n) is 3.69. The van der Waals surface area contributed by atoms with Crippen molar-refractivity contribution >= 4 is 33.2 Å². The van der Waals surface area contributed by atoms with E-state index in [1.54, 1.807) is 6.20 Å². The minimum atomic E-state index is -0.169. The molecule has 0 aliphatic carbocycles. The number of pyridine rings is 1. The van der Waals surface area contributed by atoms with Gasteiger partial charge in [-0.15, -0.1) is 22.9 Å². The van der Waals surface area contributed by atoms with Gasteiger partial charge in [0.25, 0.3) is 5.56 Å². The summed E-state index contributed by atoms with van der Waals surface area (Å²) >= 11 is 7.11. The quantitative estimate of drug-likeness (QED) is 0.733. The SMILES string of the molecule is O=c1[nH]c(CCl)nc2scc(-c3ccccn3)c12. The van der Waals surface area contributed by atoms with Crippen molar-refractivity contribution < 1.29 is 0 Å². The standard InChI is InChI=1S/C12H8ClN3OS/c13-5-9-15-11(17)10-7(6-18-12(10)16-9)8-3-1-2-4-14-8/h1-4,6H,5H2,(H,15,16,17). The highest BCUT2D eigenvalue weighted by atomic mass is 35.5. The Kier molecular flexibility index (Phi) is 2.85. The van der Waals surface area contributed by atoms with Crippen LogP contribution in [0.4, 0.5) is 0 Å². The van der Waals surface area contributed by atoms with Crippen LogP contribution in [0, 0.1) is 0 Å². The second kappa shape index (κ2) is 4.51. The molecule has 3 rings (SSSR count). The van der Waals surface area contributed by atoms with Crippen LogP contribution < -0.4 is 5.56 Å². The zero-order chi connectivity index (χ0) is 12.5. The summed E-state index contributed by atoms with van der Waals surface area (Å²) in [6.45, 7) is 0. The van der Waals surface area contributed by atoms with Gasteiger partial charge in [-0.25, -0.2) is 4.98 Å². The molecule has 0 radical (unpaired) electrons. The van der Waals surface area contributed by atoms with E-state index in [1.165, 1.54) is 11.3 Å². The van der Waals surface area contributed by atoms with E-state index in [1.807, 2.05) is 23.6 Å². The van der Waals surface area contributed by atoms with Crippen LogP contribution in [0.25, 0.3) is 21.5 Å². The lowest BCUT2D eigenvalue weighted by atomic mass is 10.1. The molecule has 3 aromatic rings. The lowest BCUT2D eigenvalue weighted by Crippen LogP contribution is -2.10. The van der Waals surface area contributed by atoms with Crippen molar-refractivity contribution in [2.45, 2.75) is 5.88 Å². The first kappa shape index (κ1) is 11.4. The van der Waals surface area contributed by atoms with Gasteiger partial charge in [-0.1, -0.05) is 6.07 Å². The summed E-state index contributed by atoms with van der Waals surface area (Å²) < 4.78 is 0. The Morgan fingerprint density at radius 1 is 1.39 bits per heavy atom. The van der Waals surface area contributed by atoms with E-state index in [4.69, 9.17) is 11.6 Å². The maximum atomic E-state index is 12.0. The predicted octanol–water partition coefficient (Wildman–Crippen LogP) is 2.79. The third kappa shape index (κ3) is 1.81. The lowest BCUT2D eigenvalue weighted by Gasteiger charge is -1.98. The molecule has 0 amide bonds. The van der Waals surface area contributed by atoms with E-state index >= 15 is 0 Å². The molecule has 3 aromatic heterocycles. The minimum Gasteiger partial charge on any atom is -0.309 e. The van der Waals surface area contributed by atoms with Crippen LogP contribution in [0.5, 0.6) is 0 Å². The molecule has 1 N–H and O–H groups in total. The first-order chi connectivity index (χ1) is 8.79. The Bertz CT molecular complexity index is 751. The number of thiophene rings is 1. The Labute approximate surface area is 111 Å². The minimum absolute atomic E-state index is 0.169. The molecule has 3 heterocycles. The summed E-state index contributed by atoms with van der Waals surface area (Å²) in [4.78, 5) is 24.0. The predicted molar refractivity (Wildman–Crippen MR) is 73.0 cm³/mol. The molecule has 0 atom stereocenters. The lowest BCUT2D eigenvalue weighted by molar-refractivity contribution is 1.04. The van der Waals surface area contributed by atoms with E-state index in [-0.39, 0.29) is 11.4 Å². The van der Waals surface area contributed by atoms with Crippen molar-refractivity contribution in [2.24, 2.45) is 0 Å². The number of halogens is 1. The molecule has 0 bridgehead atoms. The zero-order valence-corrected chi connectivity index (χ0v) is 10.8. The van der Waals surface area contributed by atoms with Gasteiger partial charge in [0.1, 0.15) is 10.7 Å². The van der Waals surface area contributed by atoms with E-state index in [0.717, 1.165) is 11.3 Å². The summed E-state index contributed by atoms with van der Waals surface area (Å²) in [7, 11) is 0. The zero-order valence-electron chi connectivity index (χ0n) is 9.18. The summed E-state index contributed by atoms with van der Waals surface area (Å²) in [5.41, 5.74) is 1.41. The summed E-state index contributed by atoms with van der Waals surface area (Å²) in [5, 5.41) is 2.47. The largest absolute Gasteiger partial charge is 0.309 e. The molecule has 18 heavy (non-hydrogen) atoms. The average molecular weight is 278 g/mol. The van der Waals surface area contributed by atoms with Gasteiger partial charge in [-0.05, 0) is 12.1 Å². The Balaban J connectivity index is 2.30. The second-order valence-corrected chi connectivity index (χ2v) is 4.82. The summed E-state index contributed by atoms with van der Waals surface area (Å²) in [5.74, 6) is 0.686. The first-order valence-corrected chi connectivity index (χ1v) is 6.69. The molecule has 90 valence electrons. The van der Waals surface area contributed by atoms with Crippen LogP contribution in [0.2, 0.25) is 0 Å². The molecule has 4 nitrogen and oxygen atoms in total. The van der Waals surface area contributed by atoms with Crippen molar-refractivity contribution in [3.05, 3.63) is 46.0 Å². The molecule has 0 saturated carbocycles. The van der Waals surface area contributed by atoms with Gasteiger partial charge < -0.3 is 4.98 Å². The molecule has 0 aliphatic rings. The van der Waals surface area contributed by atoms with Gasteiger partial charge in [0.2, 0.25) is 0 Å². The molecular weight excluding hydrogens is 270 g/mol. The number of nitrogens with zero attached hydrogens (tertiary/aromatic N) is 2. The number of fused-ring (bicyclic) bond motifs is 1. The van der Waals surface area contributed by atoms with Gasteiger partial charge in [-0.3, -0.25) is 9.78 Å². The maximum absolute atomic E-state index is 12.0. The smallest absolute Gasteiger partial charge is 0.260 e.